The third-order valence-electron chi connectivity index (χ3n) is 4.85. The molecule has 142 valence electrons. The van der Waals surface area contributed by atoms with Crippen molar-refractivity contribution in [3.63, 3.8) is 0 Å². The highest BCUT2D eigenvalue weighted by Crippen LogP contribution is 2.28. The number of halogens is 1. The normalized spacial score (nSPS) is 20.0. The molecule has 2 aromatic heterocycles. The van der Waals surface area contributed by atoms with E-state index in [1.54, 1.807) is 23.9 Å². The van der Waals surface area contributed by atoms with Crippen molar-refractivity contribution in [3.05, 3.63) is 23.2 Å². The largest absolute Gasteiger partial charge is 0.398 e. The van der Waals surface area contributed by atoms with Crippen LogP contribution in [0.1, 0.15) is 25.7 Å². The van der Waals surface area contributed by atoms with E-state index >= 15 is 0 Å². The monoisotopic (exact) mass is 387 g/mol. The Balaban J connectivity index is 1.69. The molecule has 2 unspecified atom stereocenters. The second-order valence-corrected chi connectivity index (χ2v) is 7.25. The molecule has 0 bridgehead atoms. The number of nitrogens with two attached hydrogens (primary N) is 2. The van der Waals surface area contributed by atoms with Gasteiger partial charge in [0.2, 0.25) is 5.95 Å². The Kier molecular flexibility index (Phi) is 4.71. The molecule has 0 amide bonds. The van der Waals surface area contributed by atoms with E-state index in [2.05, 4.69) is 30.9 Å². The first kappa shape index (κ1) is 17.7. The van der Waals surface area contributed by atoms with Crippen LogP contribution in [0.15, 0.2) is 18.2 Å². The van der Waals surface area contributed by atoms with Gasteiger partial charge in [0.25, 0.3) is 0 Å². The van der Waals surface area contributed by atoms with Gasteiger partial charge in [-0.25, -0.2) is 4.68 Å². The fourth-order valence-electron chi connectivity index (χ4n) is 3.31. The molecule has 0 spiro atoms. The van der Waals surface area contributed by atoms with E-state index in [0.29, 0.717) is 33.6 Å². The van der Waals surface area contributed by atoms with Crippen molar-refractivity contribution in [2.45, 2.75) is 37.8 Å². The average Bonchev–Trinajstić information content (AvgIpc) is 3.02. The molecule has 0 radical (unpaired) electrons. The summed E-state index contributed by atoms with van der Waals surface area (Å²) in [5.41, 5.74) is 14.5. The van der Waals surface area contributed by atoms with Crippen molar-refractivity contribution in [2.75, 3.05) is 16.4 Å². The van der Waals surface area contributed by atoms with Crippen LogP contribution in [0, 0.1) is 0 Å². The van der Waals surface area contributed by atoms with Crippen molar-refractivity contribution in [1.82, 2.24) is 25.0 Å². The minimum absolute atomic E-state index is 0.0926. The Bertz CT molecular complexity index is 970. The lowest BCUT2D eigenvalue weighted by Crippen LogP contribution is -2.43. The predicted octanol–water partition coefficient (Wildman–Crippen LogP) is 2.42. The lowest BCUT2D eigenvalue weighted by Gasteiger charge is -2.29. The summed E-state index contributed by atoms with van der Waals surface area (Å²) in [6.45, 7) is 0. The zero-order valence-corrected chi connectivity index (χ0v) is 15.7. The molecule has 0 aliphatic heterocycles. The molecule has 3 aromatic rings. The molecule has 1 aliphatic rings. The molecule has 1 aliphatic carbocycles. The first-order valence-electron chi connectivity index (χ1n) is 8.93. The van der Waals surface area contributed by atoms with E-state index in [-0.39, 0.29) is 12.1 Å². The van der Waals surface area contributed by atoms with E-state index in [1.807, 2.05) is 6.07 Å². The van der Waals surface area contributed by atoms with Crippen LogP contribution in [0.2, 0.25) is 5.02 Å². The van der Waals surface area contributed by atoms with Gasteiger partial charge in [-0.15, -0.1) is 5.10 Å². The molecule has 4 rings (SSSR count). The van der Waals surface area contributed by atoms with Crippen molar-refractivity contribution < 1.29 is 0 Å². The van der Waals surface area contributed by atoms with E-state index in [4.69, 9.17) is 23.1 Å². The van der Waals surface area contributed by atoms with Crippen molar-refractivity contribution in [1.29, 1.82) is 0 Å². The standard InChI is InChI=1S/C17H22ClN9/c1-27-16-14(25-26-27)15(21-9-6-7-11(19)10(18)8-9)23-17(24-16)22-13-5-3-2-4-12(13)20/h6-8,12-13H,2-5,19-20H2,1H3,(H2,21,22,23,24). The Morgan fingerprint density at radius 1 is 1.22 bits per heavy atom. The van der Waals surface area contributed by atoms with Gasteiger partial charge in [-0.1, -0.05) is 29.7 Å². The van der Waals surface area contributed by atoms with Crippen LogP contribution in [0.3, 0.4) is 0 Å². The number of anilines is 4. The molecule has 9 nitrogen and oxygen atoms in total. The first-order chi connectivity index (χ1) is 13.0. The molecule has 1 aromatic carbocycles. The van der Waals surface area contributed by atoms with Gasteiger partial charge in [-0.2, -0.15) is 9.97 Å². The number of rotatable bonds is 4. The fraction of sp³-hybridized carbons (Fsp3) is 0.412. The quantitative estimate of drug-likeness (QED) is 0.501. The third kappa shape index (κ3) is 3.60. The summed E-state index contributed by atoms with van der Waals surface area (Å²) >= 11 is 6.12. The van der Waals surface area contributed by atoms with Gasteiger partial charge in [0.15, 0.2) is 17.0 Å². The predicted molar refractivity (Wildman–Crippen MR) is 107 cm³/mol. The lowest BCUT2D eigenvalue weighted by molar-refractivity contribution is 0.402. The average molecular weight is 388 g/mol. The Hall–Kier alpha value is -2.65. The summed E-state index contributed by atoms with van der Waals surface area (Å²) in [4.78, 5) is 9.18. The number of hydrogen-bond acceptors (Lipinski definition) is 8. The summed E-state index contributed by atoms with van der Waals surface area (Å²) in [6, 6.07) is 5.55. The van der Waals surface area contributed by atoms with E-state index < -0.39 is 0 Å². The zero-order chi connectivity index (χ0) is 19.0. The molecule has 2 heterocycles. The summed E-state index contributed by atoms with van der Waals surface area (Å²) in [5.74, 6) is 1.04. The molecule has 1 fully saturated rings. The number of aryl methyl sites for hydroxylation is 1. The summed E-state index contributed by atoms with van der Waals surface area (Å²) in [7, 11) is 1.79. The van der Waals surface area contributed by atoms with Crippen LogP contribution in [0.4, 0.5) is 23.1 Å². The maximum Gasteiger partial charge on any atom is 0.227 e. The summed E-state index contributed by atoms with van der Waals surface area (Å²) in [6.07, 6.45) is 4.32. The molecule has 27 heavy (non-hydrogen) atoms. The molecule has 1 saturated carbocycles. The SMILES string of the molecule is Cn1nnc2c(Nc3ccc(N)c(Cl)c3)nc(NC3CCCCC3N)nc21. The molecule has 0 saturated heterocycles. The van der Waals surface area contributed by atoms with E-state index in [0.717, 1.165) is 31.4 Å². The van der Waals surface area contributed by atoms with Crippen LogP contribution < -0.4 is 22.1 Å². The fourth-order valence-corrected chi connectivity index (χ4v) is 3.49. The minimum Gasteiger partial charge on any atom is -0.398 e. The second kappa shape index (κ2) is 7.16. The Morgan fingerprint density at radius 3 is 2.81 bits per heavy atom. The van der Waals surface area contributed by atoms with Gasteiger partial charge in [-0.3, -0.25) is 0 Å². The van der Waals surface area contributed by atoms with Crippen LogP contribution in [-0.4, -0.2) is 37.0 Å². The molecule has 2 atom stereocenters. The molecular formula is C17H22ClN9. The highest BCUT2D eigenvalue weighted by atomic mass is 35.5. The summed E-state index contributed by atoms with van der Waals surface area (Å²) < 4.78 is 1.62. The number of nitrogens with one attached hydrogen (secondary N) is 2. The van der Waals surface area contributed by atoms with E-state index in [9.17, 15) is 0 Å². The number of nitrogens with zero attached hydrogens (tertiary/aromatic N) is 5. The van der Waals surface area contributed by atoms with Gasteiger partial charge < -0.3 is 22.1 Å². The van der Waals surface area contributed by atoms with Crippen LogP contribution in [0.5, 0.6) is 0 Å². The maximum absolute atomic E-state index is 6.25. The topological polar surface area (TPSA) is 133 Å². The van der Waals surface area contributed by atoms with Gasteiger partial charge in [-0.05, 0) is 31.0 Å². The number of nitrogen functional groups attached to an aromatic ring is 1. The van der Waals surface area contributed by atoms with Gasteiger partial charge >= 0.3 is 0 Å². The third-order valence-corrected chi connectivity index (χ3v) is 5.18. The number of hydrogen-bond donors (Lipinski definition) is 4. The zero-order valence-electron chi connectivity index (χ0n) is 15.0. The Morgan fingerprint density at radius 2 is 2.04 bits per heavy atom. The smallest absolute Gasteiger partial charge is 0.227 e. The van der Waals surface area contributed by atoms with Crippen molar-refractivity contribution in [3.8, 4) is 0 Å². The molecular weight excluding hydrogens is 366 g/mol. The first-order valence-corrected chi connectivity index (χ1v) is 9.30. The van der Waals surface area contributed by atoms with Crippen LogP contribution >= 0.6 is 11.6 Å². The number of aromatic nitrogens is 5. The number of benzene rings is 1. The Labute approximate surface area is 161 Å². The molecule has 10 heteroatoms. The van der Waals surface area contributed by atoms with Gasteiger partial charge in [0.1, 0.15) is 0 Å². The van der Waals surface area contributed by atoms with Crippen molar-refractivity contribution >= 4 is 45.9 Å². The highest BCUT2D eigenvalue weighted by molar-refractivity contribution is 6.33. The number of fused-ring (bicyclic) bond motifs is 1. The second-order valence-electron chi connectivity index (χ2n) is 6.84. The van der Waals surface area contributed by atoms with Gasteiger partial charge in [0, 0.05) is 24.8 Å². The van der Waals surface area contributed by atoms with Crippen LogP contribution in [-0.2, 0) is 7.05 Å². The van der Waals surface area contributed by atoms with Crippen LogP contribution in [0.25, 0.3) is 11.2 Å². The van der Waals surface area contributed by atoms with E-state index in [1.165, 1.54) is 0 Å². The van der Waals surface area contributed by atoms with Crippen molar-refractivity contribution in [2.24, 2.45) is 12.8 Å². The lowest BCUT2D eigenvalue weighted by atomic mass is 9.91. The van der Waals surface area contributed by atoms with Gasteiger partial charge in [0.05, 0.1) is 10.7 Å². The molecule has 6 N–H and O–H groups in total. The maximum atomic E-state index is 6.25. The minimum atomic E-state index is 0.0926. The summed E-state index contributed by atoms with van der Waals surface area (Å²) in [5, 5.41) is 15.3. The highest BCUT2D eigenvalue weighted by Gasteiger charge is 2.23.